The van der Waals surface area contributed by atoms with E-state index in [0.717, 1.165) is 25.1 Å². The Bertz CT molecular complexity index is 494. The summed E-state index contributed by atoms with van der Waals surface area (Å²) in [6, 6.07) is 3.47. The first-order valence-electron chi connectivity index (χ1n) is 5.63. The SMILES string of the molecule is CCCNCCNS(=O)(=O)c1ccc(Cl)cc1F. The summed E-state index contributed by atoms with van der Waals surface area (Å²) in [5.41, 5.74) is 0. The highest BCUT2D eigenvalue weighted by atomic mass is 35.5. The third kappa shape index (κ3) is 4.53. The van der Waals surface area contributed by atoms with Gasteiger partial charge in [0.15, 0.2) is 0 Å². The maximum atomic E-state index is 13.5. The van der Waals surface area contributed by atoms with Crippen LogP contribution in [-0.2, 0) is 10.0 Å². The average molecular weight is 295 g/mol. The minimum absolute atomic E-state index is 0.163. The highest BCUT2D eigenvalue weighted by Gasteiger charge is 2.18. The third-order valence-corrected chi connectivity index (χ3v) is 3.93. The first kappa shape index (κ1) is 15.4. The molecule has 0 atom stereocenters. The molecule has 0 fully saturated rings. The molecule has 1 rings (SSSR count). The summed E-state index contributed by atoms with van der Waals surface area (Å²) in [5.74, 6) is -0.850. The fourth-order valence-corrected chi connectivity index (χ4v) is 2.59. The van der Waals surface area contributed by atoms with Gasteiger partial charge in [0, 0.05) is 18.1 Å². The van der Waals surface area contributed by atoms with E-state index in [2.05, 4.69) is 10.0 Å². The van der Waals surface area contributed by atoms with Crippen molar-refractivity contribution in [2.75, 3.05) is 19.6 Å². The fourth-order valence-electron chi connectivity index (χ4n) is 1.35. The van der Waals surface area contributed by atoms with Gasteiger partial charge in [-0.05, 0) is 31.2 Å². The molecular weight excluding hydrogens is 279 g/mol. The topological polar surface area (TPSA) is 58.2 Å². The molecule has 1 aromatic rings. The van der Waals surface area contributed by atoms with Crippen LogP contribution in [0.4, 0.5) is 4.39 Å². The minimum Gasteiger partial charge on any atom is -0.315 e. The van der Waals surface area contributed by atoms with Crippen molar-refractivity contribution in [2.24, 2.45) is 0 Å². The fraction of sp³-hybridized carbons (Fsp3) is 0.455. The molecule has 2 N–H and O–H groups in total. The van der Waals surface area contributed by atoms with Crippen LogP contribution in [0.2, 0.25) is 5.02 Å². The van der Waals surface area contributed by atoms with Crippen LogP contribution in [0.5, 0.6) is 0 Å². The van der Waals surface area contributed by atoms with Crippen LogP contribution in [0, 0.1) is 5.82 Å². The standard InChI is InChI=1S/C11H16ClFN2O2S/c1-2-5-14-6-7-15-18(16,17)11-4-3-9(12)8-10(11)13/h3-4,8,14-15H,2,5-7H2,1H3. The summed E-state index contributed by atoms with van der Waals surface area (Å²) in [5, 5.41) is 3.20. The molecule has 1 aromatic carbocycles. The molecule has 0 aliphatic heterocycles. The molecule has 7 heteroatoms. The lowest BCUT2D eigenvalue weighted by Crippen LogP contribution is -2.32. The zero-order valence-corrected chi connectivity index (χ0v) is 11.6. The van der Waals surface area contributed by atoms with E-state index in [4.69, 9.17) is 11.6 Å². The maximum Gasteiger partial charge on any atom is 0.243 e. The van der Waals surface area contributed by atoms with Crippen LogP contribution in [0.3, 0.4) is 0 Å². The van der Waals surface area contributed by atoms with Gasteiger partial charge in [0.05, 0.1) is 0 Å². The molecule has 0 aliphatic rings. The van der Waals surface area contributed by atoms with Crippen LogP contribution in [0.15, 0.2) is 23.1 Å². The van der Waals surface area contributed by atoms with Gasteiger partial charge in [0.2, 0.25) is 10.0 Å². The Balaban J connectivity index is 2.63. The van der Waals surface area contributed by atoms with E-state index in [1.54, 1.807) is 0 Å². The van der Waals surface area contributed by atoms with Gasteiger partial charge in [-0.15, -0.1) is 0 Å². The summed E-state index contributed by atoms with van der Waals surface area (Å²) in [4.78, 5) is -0.387. The van der Waals surface area contributed by atoms with E-state index in [9.17, 15) is 12.8 Å². The van der Waals surface area contributed by atoms with E-state index in [1.807, 2.05) is 6.92 Å². The Labute approximate surface area is 112 Å². The largest absolute Gasteiger partial charge is 0.315 e. The summed E-state index contributed by atoms with van der Waals surface area (Å²) < 4.78 is 39.3. The van der Waals surface area contributed by atoms with Crippen molar-refractivity contribution >= 4 is 21.6 Å². The molecule has 102 valence electrons. The number of hydrogen-bond acceptors (Lipinski definition) is 3. The maximum absolute atomic E-state index is 13.5. The van der Waals surface area contributed by atoms with Crippen molar-refractivity contribution in [3.05, 3.63) is 29.0 Å². The third-order valence-electron chi connectivity index (χ3n) is 2.20. The number of nitrogens with one attached hydrogen (secondary N) is 2. The van der Waals surface area contributed by atoms with Crippen molar-refractivity contribution in [1.82, 2.24) is 10.0 Å². The first-order valence-corrected chi connectivity index (χ1v) is 7.49. The summed E-state index contributed by atoms with van der Waals surface area (Å²) in [7, 11) is -3.82. The molecule has 0 spiro atoms. The van der Waals surface area contributed by atoms with E-state index in [-0.39, 0.29) is 16.5 Å². The Kier molecular flexibility index (Phi) is 6.01. The molecule has 0 saturated heterocycles. The van der Waals surface area contributed by atoms with Crippen LogP contribution in [0.25, 0.3) is 0 Å². The van der Waals surface area contributed by atoms with Crippen LogP contribution >= 0.6 is 11.6 Å². The highest BCUT2D eigenvalue weighted by molar-refractivity contribution is 7.89. The number of rotatable bonds is 7. The van der Waals surface area contributed by atoms with E-state index < -0.39 is 15.8 Å². The zero-order chi connectivity index (χ0) is 13.6. The van der Waals surface area contributed by atoms with Crippen LogP contribution < -0.4 is 10.0 Å². The smallest absolute Gasteiger partial charge is 0.243 e. The lowest BCUT2D eigenvalue weighted by molar-refractivity contribution is 0.554. The number of halogens is 2. The Morgan fingerprint density at radius 1 is 1.28 bits per heavy atom. The second-order valence-corrected chi connectivity index (χ2v) is 5.89. The van der Waals surface area contributed by atoms with Gasteiger partial charge in [0.25, 0.3) is 0 Å². The Hall–Kier alpha value is -0.690. The summed E-state index contributed by atoms with van der Waals surface area (Å²) >= 11 is 5.56. The lowest BCUT2D eigenvalue weighted by atomic mass is 10.3. The predicted molar refractivity (Wildman–Crippen MR) is 69.8 cm³/mol. The number of benzene rings is 1. The molecule has 0 radical (unpaired) electrons. The van der Waals surface area contributed by atoms with Crippen LogP contribution in [-0.4, -0.2) is 28.1 Å². The van der Waals surface area contributed by atoms with Gasteiger partial charge < -0.3 is 5.32 Å². The van der Waals surface area contributed by atoms with Gasteiger partial charge in [-0.3, -0.25) is 0 Å². The van der Waals surface area contributed by atoms with Crippen molar-refractivity contribution in [2.45, 2.75) is 18.2 Å². The van der Waals surface area contributed by atoms with E-state index in [1.165, 1.54) is 6.07 Å². The average Bonchev–Trinajstić information content (AvgIpc) is 2.28. The van der Waals surface area contributed by atoms with E-state index in [0.29, 0.717) is 6.54 Å². The number of hydrogen-bond donors (Lipinski definition) is 2. The summed E-state index contributed by atoms with van der Waals surface area (Å²) in [6.45, 7) is 3.55. The van der Waals surface area contributed by atoms with Crippen LogP contribution in [0.1, 0.15) is 13.3 Å². The normalized spacial score (nSPS) is 11.7. The molecule has 0 saturated carbocycles. The van der Waals surface area contributed by atoms with Gasteiger partial charge in [0.1, 0.15) is 10.7 Å². The minimum atomic E-state index is -3.82. The van der Waals surface area contributed by atoms with Gasteiger partial charge >= 0.3 is 0 Å². The van der Waals surface area contributed by atoms with Gasteiger partial charge in [-0.25, -0.2) is 17.5 Å². The van der Waals surface area contributed by atoms with Crippen molar-refractivity contribution in [3.8, 4) is 0 Å². The molecule has 18 heavy (non-hydrogen) atoms. The van der Waals surface area contributed by atoms with Crippen molar-refractivity contribution in [3.63, 3.8) is 0 Å². The first-order chi connectivity index (χ1) is 8.47. The molecule has 0 amide bonds. The second-order valence-electron chi connectivity index (χ2n) is 3.72. The number of sulfonamides is 1. The lowest BCUT2D eigenvalue weighted by Gasteiger charge is -2.08. The molecular formula is C11H16ClFN2O2S. The molecule has 0 heterocycles. The van der Waals surface area contributed by atoms with Crippen molar-refractivity contribution in [1.29, 1.82) is 0 Å². The molecule has 0 aromatic heterocycles. The van der Waals surface area contributed by atoms with Crippen molar-refractivity contribution < 1.29 is 12.8 Å². The van der Waals surface area contributed by atoms with Gasteiger partial charge in [-0.2, -0.15) is 0 Å². The van der Waals surface area contributed by atoms with Gasteiger partial charge in [-0.1, -0.05) is 18.5 Å². The molecule has 4 nitrogen and oxygen atoms in total. The molecule has 0 unspecified atom stereocenters. The Morgan fingerprint density at radius 3 is 2.61 bits per heavy atom. The zero-order valence-electron chi connectivity index (χ0n) is 10.0. The second kappa shape index (κ2) is 7.04. The van der Waals surface area contributed by atoms with E-state index >= 15 is 0 Å². The quantitative estimate of drug-likeness (QED) is 0.754. The Morgan fingerprint density at radius 2 is 2.00 bits per heavy atom. The predicted octanol–water partition coefficient (Wildman–Crippen LogP) is 1.76. The summed E-state index contributed by atoms with van der Waals surface area (Å²) in [6.07, 6.45) is 0.971. The molecule has 0 bridgehead atoms. The highest BCUT2D eigenvalue weighted by Crippen LogP contribution is 2.18. The monoisotopic (exact) mass is 294 g/mol. The molecule has 0 aliphatic carbocycles.